The number of aliphatic hydroxyl groups is 1. The summed E-state index contributed by atoms with van der Waals surface area (Å²) in [7, 11) is 1.06. The Bertz CT molecular complexity index is 1010. The molecule has 1 N–H and O–H groups in total. The van der Waals surface area contributed by atoms with E-state index in [1.165, 1.54) is 18.2 Å². The zero-order valence-corrected chi connectivity index (χ0v) is 20.3. The molecular weight excluding hydrogens is 498 g/mol. The number of methoxy groups -OCH3 is 1. The van der Waals surface area contributed by atoms with Crippen LogP contribution in [0.4, 0.5) is 0 Å². The van der Waals surface area contributed by atoms with Gasteiger partial charge in [0.25, 0.3) is 0 Å². The molecule has 1 aliphatic heterocycles. The molecule has 1 fully saturated rings. The van der Waals surface area contributed by atoms with Crippen molar-refractivity contribution in [2.24, 2.45) is 5.11 Å². The smallest absolute Gasteiger partial charge is 0.339 e. The lowest BCUT2D eigenvalue weighted by atomic mass is 9.98. The number of rotatable bonds is 13. The number of aliphatic hydroxyl groups excluding tert-OH is 1. The fraction of sp³-hybridized carbons (Fsp3) is 0.545. The fourth-order valence-electron chi connectivity index (χ4n) is 3.28. The van der Waals surface area contributed by atoms with E-state index in [-0.39, 0.29) is 43.4 Å². The first-order valence-electron chi connectivity index (χ1n) is 10.9. The Hall–Kier alpha value is -3.91. The van der Waals surface area contributed by atoms with Gasteiger partial charge in [0.05, 0.1) is 25.9 Å². The molecule has 15 heteroatoms. The highest BCUT2D eigenvalue weighted by Crippen LogP contribution is 2.31. The number of esters is 3. The van der Waals surface area contributed by atoms with Gasteiger partial charge in [0.1, 0.15) is 18.1 Å². The number of nitrogens with zero attached hydrogens (tertiary/aromatic N) is 3. The van der Waals surface area contributed by atoms with Crippen LogP contribution in [0.25, 0.3) is 10.4 Å². The van der Waals surface area contributed by atoms with Crippen molar-refractivity contribution in [3.63, 3.8) is 0 Å². The molecule has 0 aromatic heterocycles. The summed E-state index contributed by atoms with van der Waals surface area (Å²) in [5, 5.41) is 14.2. The zero-order chi connectivity index (χ0) is 27.4. The summed E-state index contributed by atoms with van der Waals surface area (Å²) in [5.74, 6) is -2.48. The molecule has 3 unspecified atom stereocenters. The highest BCUT2D eigenvalue weighted by molar-refractivity contribution is 5.80. The molecule has 0 amide bonds. The number of carbonyl (C=O) groups excluding carboxylic acids is 4. The Kier molecular flexibility index (Phi) is 11.6. The Balaban J connectivity index is 2.23. The normalized spacial score (nSPS) is 22.6. The molecule has 202 valence electrons. The van der Waals surface area contributed by atoms with E-state index in [9.17, 15) is 24.3 Å². The van der Waals surface area contributed by atoms with Crippen molar-refractivity contribution in [3.05, 3.63) is 34.2 Å². The second kappa shape index (κ2) is 14.6. The van der Waals surface area contributed by atoms with E-state index in [1.807, 2.05) is 0 Å². The van der Waals surface area contributed by atoms with Gasteiger partial charge in [-0.05, 0) is 17.7 Å². The minimum absolute atomic E-state index is 0.0505. The van der Waals surface area contributed by atoms with Crippen LogP contribution < -0.4 is 9.47 Å². The summed E-state index contributed by atoms with van der Waals surface area (Å²) < 4.78 is 36.9. The molecule has 0 radical (unpaired) electrons. The Morgan fingerprint density at radius 1 is 1.14 bits per heavy atom. The molecule has 0 bridgehead atoms. The van der Waals surface area contributed by atoms with E-state index in [0.29, 0.717) is 6.29 Å². The lowest BCUT2D eigenvalue weighted by Gasteiger charge is -2.41. The van der Waals surface area contributed by atoms with Crippen molar-refractivity contribution >= 4 is 24.2 Å². The van der Waals surface area contributed by atoms with Crippen molar-refractivity contribution in [2.45, 2.75) is 44.6 Å². The van der Waals surface area contributed by atoms with Crippen LogP contribution in [0.5, 0.6) is 11.5 Å². The van der Waals surface area contributed by atoms with Gasteiger partial charge in [-0.25, -0.2) is 4.79 Å². The van der Waals surface area contributed by atoms with Crippen LogP contribution in [-0.4, -0.2) is 93.5 Å². The zero-order valence-electron chi connectivity index (χ0n) is 20.3. The quantitative estimate of drug-likeness (QED) is 0.0719. The minimum Gasteiger partial charge on any atom is -0.491 e. The van der Waals surface area contributed by atoms with E-state index < -0.39 is 48.6 Å². The predicted octanol–water partition coefficient (Wildman–Crippen LogP) is 0.706. The lowest BCUT2D eigenvalue weighted by Crippen LogP contribution is -2.63. The van der Waals surface area contributed by atoms with Crippen LogP contribution in [0.3, 0.4) is 0 Å². The SMILES string of the molecule is COC(=O)C1OC(Oc2cc(OCCOCCN=[N+]=[N-])ccc2C=O)[C@H](O)C(OC(C)=O)[C@@H]1OC(C)=O. The van der Waals surface area contributed by atoms with Crippen molar-refractivity contribution in [2.75, 3.05) is 33.5 Å². The second-order valence-electron chi connectivity index (χ2n) is 7.44. The maximum absolute atomic E-state index is 12.4. The van der Waals surface area contributed by atoms with E-state index in [1.54, 1.807) is 0 Å². The first-order chi connectivity index (χ1) is 17.7. The number of hydrogen-bond acceptors (Lipinski definition) is 13. The molecule has 5 atom stereocenters. The Morgan fingerprint density at radius 2 is 1.84 bits per heavy atom. The summed E-state index contributed by atoms with van der Waals surface area (Å²) in [6.45, 7) is 2.79. The van der Waals surface area contributed by atoms with E-state index in [0.717, 1.165) is 21.0 Å². The van der Waals surface area contributed by atoms with Crippen LogP contribution >= 0.6 is 0 Å². The van der Waals surface area contributed by atoms with Crippen LogP contribution in [0, 0.1) is 0 Å². The maximum Gasteiger partial charge on any atom is 0.339 e. The molecular formula is C22H27N3O12. The number of ether oxygens (including phenoxy) is 7. The van der Waals surface area contributed by atoms with Gasteiger partial charge in [-0.2, -0.15) is 0 Å². The Labute approximate surface area is 211 Å². The van der Waals surface area contributed by atoms with E-state index >= 15 is 0 Å². The van der Waals surface area contributed by atoms with Crippen LogP contribution in [0.1, 0.15) is 24.2 Å². The minimum atomic E-state index is -1.75. The highest BCUT2D eigenvalue weighted by Gasteiger charge is 2.53. The van der Waals surface area contributed by atoms with Gasteiger partial charge in [-0.1, -0.05) is 5.11 Å². The predicted molar refractivity (Wildman–Crippen MR) is 121 cm³/mol. The summed E-state index contributed by atoms with van der Waals surface area (Å²) >= 11 is 0. The third-order valence-electron chi connectivity index (χ3n) is 4.81. The largest absolute Gasteiger partial charge is 0.491 e. The maximum atomic E-state index is 12.4. The molecule has 1 saturated heterocycles. The average molecular weight is 525 g/mol. The molecule has 0 spiro atoms. The number of aldehydes is 1. The van der Waals surface area contributed by atoms with Gasteiger partial charge >= 0.3 is 17.9 Å². The van der Waals surface area contributed by atoms with Crippen molar-refractivity contribution in [1.82, 2.24) is 0 Å². The first-order valence-corrected chi connectivity index (χ1v) is 10.9. The van der Waals surface area contributed by atoms with E-state index in [2.05, 4.69) is 10.0 Å². The molecule has 1 heterocycles. The third-order valence-corrected chi connectivity index (χ3v) is 4.81. The molecule has 15 nitrogen and oxygen atoms in total. The van der Waals surface area contributed by atoms with Gasteiger partial charge < -0.3 is 38.3 Å². The lowest BCUT2D eigenvalue weighted by molar-refractivity contribution is -0.278. The van der Waals surface area contributed by atoms with Gasteiger partial charge in [-0.3, -0.25) is 14.4 Å². The standard InChI is InChI=1S/C22H27N3O12/c1-12(27)34-18-17(29)22(37-20(21(30)31-3)19(18)35-13(2)28)36-16-10-15(5-4-14(16)11-26)33-9-8-32-7-6-24-25-23/h4-5,10-11,17-20,22,29H,6-9H2,1-3H3/t17-,18?,19+,20?,22?/m1/s1. The van der Waals surface area contributed by atoms with Crippen molar-refractivity contribution < 1.29 is 57.4 Å². The molecule has 1 aromatic rings. The van der Waals surface area contributed by atoms with Gasteiger partial charge in [0.2, 0.25) is 6.29 Å². The molecule has 1 aliphatic rings. The number of carbonyl (C=O) groups is 4. The van der Waals surface area contributed by atoms with Crippen LogP contribution in [0.15, 0.2) is 23.3 Å². The molecule has 0 saturated carbocycles. The van der Waals surface area contributed by atoms with Crippen molar-refractivity contribution in [3.8, 4) is 11.5 Å². The highest BCUT2D eigenvalue weighted by atomic mass is 16.7. The Morgan fingerprint density at radius 3 is 2.46 bits per heavy atom. The summed E-state index contributed by atoms with van der Waals surface area (Å²) in [6.07, 6.45) is -7.65. The number of benzene rings is 1. The van der Waals surface area contributed by atoms with E-state index in [4.69, 9.17) is 38.7 Å². The molecule has 1 aromatic carbocycles. The van der Waals surface area contributed by atoms with Crippen LogP contribution in [0.2, 0.25) is 0 Å². The molecule has 37 heavy (non-hydrogen) atoms. The number of azide groups is 1. The summed E-state index contributed by atoms with van der Waals surface area (Å²) in [6, 6.07) is 4.22. The second-order valence-corrected chi connectivity index (χ2v) is 7.44. The number of hydrogen-bond donors (Lipinski definition) is 1. The van der Waals surface area contributed by atoms with Gasteiger partial charge in [0.15, 0.2) is 30.7 Å². The van der Waals surface area contributed by atoms with Crippen molar-refractivity contribution in [1.29, 1.82) is 0 Å². The average Bonchev–Trinajstić information content (AvgIpc) is 2.86. The van der Waals surface area contributed by atoms with Gasteiger partial charge in [-0.15, -0.1) is 0 Å². The first kappa shape index (κ1) is 29.3. The third kappa shape index (κ3) is 8.61. The fourth-order valence-corrected chi connectivity index (χ4v) is 3.28. The summed E-state index contributed by atoms with van der Waals surface area (Å²) in [5.41, 5.74) is 8.28. The summed E-state index contributed by atoms with van der Waals surface area (Å²) in [4.78, 5) is 49.8. The van der Waals surface area contributed by atoms with Crippen LogP contribution in [-0.2, 0) is 38.1 Å². The molecule has 0 aliphatic carbocycles. The molecule has 2 rings (SSSR count). The van der Waals surface area contributed by atoms with Gasteiger partial charge in [0, 0.05) is 31.4 Å². The monoisotopic (exact) mass is 525 g/mol. The topological polar surface area (TPSA) is 202 Å².